The van der Waals surface area contributed by atoms with Crippen LogP contribution in [0.25, 0.3) is 0 Å². The molecule has 0 N–H and O–H groups in total. The maximum atomic E-state index is 11.7. The maximum absolute atomic E-state index is 11.7. The van der Waals surface area contributed by atoms with Gasteiger partial charge in [0, 0.05) is 0 Å². The molecule has 0 amide bonds. The van der Waals surface area contributed by atoms with Gasteiger partial charge in [0.1, 0.15) is 11.3 Å². The van der Waals surface area contributed by atoms with Crippen LogP contribution in [-0.2, 0) is 9.53 Å². The van der Waals surface area contributed by atoms with Crippen LogP contribution in [0.2, 0.25) is 0 Å². The summed E-state index contributed by atoms with van der Waals surface area (Å²) in [4.78, 5) is 23.3. The largest absolute Gasteiger partial charge is 0.462 e. The molecule has 1 aromatic carbocycles. The van der Waals surface area contributed by atoms with Crippen molar-refractivity contribution in [3.05, 3.63) is 42.0 Å². The lowest BCUT2D eigenvalue weighted by Gasteiger charge is -2.08. The second-order valence-electron chi connectivity index (χ2n) is 3.77. The number of hydrogen-bond donors (Lipinski definition) is 0. The van der Waals surface area contributed by atoms with E-state index in [-0.39, 0.29) is 24.3 Å². The standard InChI is InChI=1S/C15H18O4/c1-3-5-6-11-14(16)19-13-10-8-7-9-12(13)15(17)18-4-2/h5-10H,3-4,11H2,1-2H3/b6-5-. The zero-order valence-electron chi connectivity index (χ0n) is 11.2. The first-order valence-corrected chi connectivity index (χ1v) is 6.30. The average molecular weight is 262 g/mol. The summed E-state index contributed by atoms with van der Waals surface area (Å²) in [6.45, 7) is 3.99. The second-order valence-corrected chi connectivity index (χ2v) is 3.77. The van der Waals surface area contributed by atoms with E-state index >= 15 is 0 Å². The smallest absolute Gasteiger partial charge is 0.341 e. The van der Waals surface area contributed by atoms with E-state index in [1.54, 1.807) is 37.3 Å². The highest BCUT2D eigenvalue weighted by Crippen LogP contribution is 2.19. The van der Waals surface area contributed by atoms with Crippen molar-refractivity contribution >= 4 is 11.9 Å². The Morgan fingerprint density at radius 1 is 1.16 bits per heavy atom. The summed E-state index contributed by atoms with van der Waals surface area (Å²) in [6, 6.07) is 6.55. The van der Waals surface area contributed by atoms with Gasteiger partial charge in [-0.15, -0.1) is 0 Å². The molecule has 4 nitrogen and oxygen atoms in total. The Balaban J connectivity index is 2.75. The number of carbonyl (C=O) groups is 2. The number of para-hydroxylation sites is 1. The monoisotopic (exact) mass is 262 g/mol. The van der Waals surface area contributed by atoms with Gasteiger partial charge in [0.05, 0.1) is 13.0 Å². The molecule has 0 aromatic heterocycles. The fraction of sp³-hybridized carbons (Fsp3) is 0.333. The average Bonchev–Trinajstić information content (AvgIpc) is 2.40. The molecule has 0 aliphatic heterocycles. The Bertz CT molecular complexity index is 463. The van der Waals surface area contributed by atoms with Crippen molar-refractivity contribution in [3.63, 3.8) is 0 Å². The molecule has 102 valence electrons. The van der Waals surface area contributed by atoms with E-state index in [0.717, 1.165) is 6.42 Å². The van der Waals surface area contributed by atoms with Crippen LogP contribution >= 0.6 is 0 Å². The molecule has 0 aliphatic rings. The van der Waals surface area contributed by atoms with Crippen molar-refractivity contribution in [2.75, 3.05) is 6.61 Å². The predicted molar refractivity (Wildman–Crippen MR) is 72.1 cm³/mol. The van der Waals surface area contributed by atoms with Gasteiger partial charge in [-0.2, -0.15) is 0 Å². The van der Waals surface area contributed by atoms with Crippen LogP contribution in [0.3, 0.4) is 0 Å². The highest BCUT2D eigenvalue weighted by atomic mass is 16.5. The third-order valence-electron chi connectivity index (χ3n) is 2.29. The number of esters is 2. The maximum Gasteiger partial charge on any atom is 0.341 e. The van der Waals surface area contributed by atoms with Gasteiger partial charge in [-0.1, -0.05) is 31.2 Å². The van der Waals surface area contributed by atoms with E-state index in [1.165, 1.54) is 0 Å². The highest BCUT2D eigenvalue weighted by molar-refractivity contribution is 5.93. The molecule has 0 saturated heterocycles. The molecule has 19 heavy (non-hydrogen) atoms. The zero-order valence-corrected chi connectivity index (χ0v) is 11.2. The third-order valence-corrected chi connectivity index (χ3v) is 2.29. The van der Waals surface area contributed by atoms with Crippen molar-refractivity contribution < 1.29 is 19.1 Å². The molecule has 4 heteroatoms. The molecular formula is C15H18O4. The topological polar surface area (TPSA) is 52.6 Å². The van der Waals surface area contributed by atoms with Gasteiger partial charge >= 0.3 is 11.9 Å². The lowest BCUT2D eigenvalue weighted by molar-refractivity contribution is -0.133. The molecule has 0 bridgehead atoms. The Labute approximate surface area is 113 Å². The molecule has 0 aliphatic carbocycles. The molecule has 0 saturated carbocycles. The van der Waals surface area contributed by atoms with Gasteiger partial charge in [0.2, 0.25) is 0 Å². The predicted octanol–water partition coefficient (Wildman–Crippen LogP) is 3.13. The molecule has 1 rings (SSSR count). The second kappa shape index (κ2) is 8.08. The van der Waals surface area contributed by atoms with E-state index in [2.05, 4.69) is 0 Å². The van der Waals surface area contributed by atoms with E-state index in [0.29, 0.717) is 0 Å². The molecule has 0 fully saturated rings. The van der Waals surface area contributed by atoms with Crippen LogP contribution in [-0.4, -0.2) is 18.5 Å². The number of hydrogen-bond acceptors (Lipinski definition) is 4. The summed E-state index contributed by atoms with van der Waals surface area (Å²) in [5, 5.41) is 0. The molecule has 0 radical (unpaired) electrons. The summed E-state index contributed by atoms with van der Waals surface area (Å²) in [6.07, 6.45) is 4.69. The quantitative estimate of drug-likeness (QED) is 0.449. The fourth-order valence-corrected chi connectivity index (χ4v) is 1.44. The SMILES string of the molecule is CC/C=C\CC(=O)Oc1ccccc1C(=O)OCC. The zero-order chi connectivity index (χ0) is 14.1. The third kappa shape index (κ3) is 4.95. The van der Waals surface area contributed by atoms with E-state index in [1.807, 2.05) is 13.0 Å². The minimum absolute atomic E-state index is 0.186. The first-order chi connectivity index (χ1) is 9.19. The lowest BCUT2D eigenvalue weighted by atomic mass is 10.2. The van der Waals surface area contributed by atoms with Crippen molar-refractivity contribution in [2.24, 2.45) is 0 Å². The number of ether oxygens (including phenoxy) is 2. The van der Waals surface area contributed by atoms with Gasteiger partial charge in [0.15, 0.2) is 0 Å². The van der Waals surface area contributed by atoms with Crippen LogP contribution in [0.1, 0.15) is 37.0 Å². The molecule has 1 aromatic rings. The lowest BCUT2D eigenvalue weighted by Crippen LogP contribution is -2.12. The van der Waals surface area contributed by atoms with Gasteiger partial charge in [-0.3, -0.25) is 4.79 Å². The number of carbonyl (C=O) groups excluding carboxylic acids is 2. The molecule has 0 unspecified atom stereocenters. The van der Waals surface area contributed by atoms with Crippen molar-refractivity contribution in [1.29, 1.82) is 0 Å². The normalized spacial score (nSPS) is 10.4. The van der Waals surface area contributed by atoms with Crippen molar-refractivity contribution in [2.45, 2.75) is 26.7 Å². The Morgan fingerprint density at radius 3 is 2.58 bits per heavy atom. The van der Waals surface area contributed by atoms with Crippen LogP contribution in [0.5, 0.6) is 5.75 Å². The van der Waals surface area contributed by atoms with Crippen LogP contribution in [0, 0.1) is 0 Å². The van der Waals surface area contributed by atoms with Gasteiger partial charge < -0.3 is 9.47 Å². The van der Waals surface area contributed by atoms with Crippen LogP contribution in [0.15, 0.2) is 36.4 Å². The summed E-state index contributed by atoms with van der Waals surface area (Å²) in [5.41, 5.74) is 0.261. The van der Waals surface area contributed by atoms with Gasteiger partial charge in [0.25, 0.3) is 0 Å². The van der Waals surface area contributed by atoms with E-state index < -0.39 is 11.9 Å². The van der Waals surface area contributed by atoms with Crippen molar-refractivity contribution in [3.8, 4) is 5.75 Å². The van der Waals surface area contributed by atoms with Crippen molar-refractivity contribution in [1.82, 2.24) is 0 Å². The minimum atomic E-state index is -0.491. The number of benzene rings is 1. The molecule has 0 spiro atoms. The highest BCUT2D eigenvalue weighted by Gasteiger charge is 2.15. The minimum Gasteiger partial charge on any atom is -0.462 e. The molecule has 0 atom stereocenters. The summed E-state index contributed by atoms with van der Waals surface area (Å²) >= 11 is 0. The summed E-state index contributed by atoms with van der Waals surface area (Å²) in [5.74, 6) is -0.660. The van der Waals surface area contributed by atoms with Crippen LogP contribution in [0.4, 0.5) is 0 Å². The Kier molecular flexibility index (Phi) is 6.36. The van der Waals surface area contributed by atoms with Gasteiger partial charge in [-0.25, -0.2) is 4.79 Å². The Hall–Kier alpha value is -2.10. The first-order valence-electron chi connectivity index (χ1n) is 6.30. The van der Waals surface area contributed by atoms with Gasteiger partial charge in [-0.05, 0) is 25.5 Å². The summed E-state index contributed by atoms with van der Waals surface area (Å²) < 4.78 is 10.1. The number of allylic oxidation sites excluding steroid dienone is 1. The Morgan fingerprint density at radius 2 is 1.89 bits per heavy atom. The molecule has 0 heterocycles. The summed E-state index contributed by atoms with van der Waals surface area (Å²) in [7, 11) is 0. The molecular weight excluding hydrogens is 244 g/mol. The van der Waals surface area contributed by atoms with E-state index in [4.69, 9.17) is 9.47 Å². The first kappa shape index (κ1) is 15.0. The van der Waals surface area contributed by atoms with E-state index in [9.17, 15) is 9.59 Å². The number of rotatable bonds is 6. The fourth-order valence-electron chi connectivity index (χ4n) is 1.44. The van der Waals surface area contributed by atoms with Crippen LogP contribution < -0.4 is 4.74 Å².